The maximum atomic E-state index is 13.5. The van der Waals surface area contributed by atoms with E-state index in [9.17, 15) is 9.59 Å². The lowest BCUT2D eigenvalue weighted by atomic mass is 9.94. The number of ether oxygens (including phenoxy) is 1. The van der Waals surface area contributed by atoms with Gasteiger partial charge in [0, 0.05) is 31.0 Å². The number of rotatable bonds is 8. The minimum atomic E-state index is -0.232. The number of benzene rings is 1. The van der Waals surface area contributed by atoms with Gasteiger partial charge in [-0.2, -0.15) is 0 Å². The zero-order valence-corrected chi connectivity index (χ0v) is 19.1. The Morgan fingerprint density at radius 3 is 2.38 bits per heavy atom. The summed E-state index contributed by atoms with van der Waals surface area (Å²) in [7, 11) is 3.59. The number of carbonyl (C=O) groups excluding carboxylic acids is 2. The molecule has 32 heavy (non-hydrogen) atoms. The van der Waals surface area contributed by atoms with Crippen molar-refractivity contribution in [1.29, 1.82) is 0 Å². The summed E-state index contributed by atoms with van der Waals surface area (Å²) in [4.78, 5) is 30.6. The Morgan fingerprint density at radius 1 is 1.00 bits per heavy atom. The molecule has 2 saturated carbocycles. The molecule has 7 nitrogen and oxygen atoms in total. The SMILES string of the molecule is COc1ccccc1NC(=O)N(CC(=O)N(Cc1cccn1C)C1CC1)C1CCCCC1. The highest BCUT2D eigenvalue weighted by molar-refractivity contribution is 5.94. The van der Waals surface area contributed by atoms with Crippen molar-refractivity contribution in [3.63, 3.8) is 0 Å². The Labute approximate surface area is 190 Å². The molecular weight excluding hydrogens is 404 g/mol. The fourth-order valence-corrected chi connectivity index (χ4v) is 4.57. The molecular formula is C25H34N4O3. The summed E-state index contributed by atoms with van der Waals surface area (Å²) >= 11 is 0. The molecule has 1 aromatic heterocycles. The molecule has 0 radical (unpaired) electrons. The van der Waals surface area contributed by atoms with Gasteiger partial charge in [-0.1, -0.05) is 31.4 Å². The van der Waals surface area contributed by atoms with Crippen LogP contribution in [0.4, 0.5) is 10.5 Å². The Morgan fingerprint density at radius 2 is 1.72 bits per heavy atom. The van der Waals surface area contributed by atoms with Crippen molar-refractivity contribution in [2.75, 3.05) is 19.0 Å². The minimum Gasteiger partial charge on any atom is -0.495 e. The van der Waals surface area contributed by atoms with E-state index in [-0.39, 0.29) is 30.6 Å². The molecule has 0 spiro atoms. The van der Waals surface area contributed by atoms with Crippen LogP contribution < -0.4 is 10.1 Å². The number of para-hydroxylation sites is 2. The van der Waals surface area contributed by atoms with E-state index >= 15 is 0 Å². The van der Waals surface area contributed by atoms with Gasteiger partial charge in [-0.15, -0.1) is 0 Å². The van der Waals surface area contributed by atoms with Gasteiger partial charge < -0.3 is 24.4 Å². The number of aryl methyl sites for hydroxylation is 1. The molecule has 1 heterocycles. The van der Waals surface area contributed by atoms with Gasteiger partial charge in [0.05, 0.1) is 19.3 Å². The number of nitrogens with one attached hydrogen (secondary N) is 1. The fraction of sp³-hybridized carbons (Fsp3) is 0.520. The average molecular weight is 439 g/mol. The van der Waals surface area contributed by atoms with Crippen LogP contribution in [0.3, 0.4) is 0 Å². The first kappa shape index (κ1) is 22.2. The summed E-state index contributed by atoms with van der Waals surface area (Å²) in [5.41, 5.74) is 1.73. The monoisotopic (exact) mass is 438 g/mol. The van der Waals surface area contributed by atoms with Crippen molar-refractivity contribution in [2.24, 2.45) is 7.05 Å². The molecule has 0 saturated heterocycles. The van der Waals surface area contributed by atoms with Crippen molar-refractivity contribution in [2.45, 2.75) is 63.6 Å². The number of hydrogen-bond acceptors (Lipinski definition) is 3. The number of aromatic nitrogens is 1. The van der Waals surface area contributed by atoms with Crippen LogP contribution in [0, 0.1) is 0 Å². The van der Waals surface area contributed by atoms with Gasteiger partial charge in [0.15, 0.2) is 0 Å². The van der Waals surface area contributed by atoms with Gasteiger partial charge in [0.25, 0.3) is 0 Å². The van der Waals surface area contributed by atoms with Crippen LogP contribution in [-0.4, -0.2) is 52.0 Å². The predicted molar refractivity (Wildman–Crippen MR) is 125 cm³/mol. The smallest absolute Gasteiger partial charge is 0.322 e. The van der Waals surface area contributed by atoms with Gasteiger partial charge in [-0.05, 0) is 49.9 Å². The molecule has 7 heteroatoms. The van der Waals surface area contributed by atoms with Crippen LogP contribution >= 0.6 is 0 Å². The number of urea groups is 1. The van der Waals surface area contributed by atoms with Gasteiger partial charge in [0.2, 0.25) is 5.91 Å². The van der Waals surface area contributed by atoms with Gasteiger partial charge >= 0.3 is 6.03 Å². The summed E-state index contributed by atoms with van der Waals surface area (Å²) in [5.74, 6) is 0.633. The van der Waals surface area contributed by atoms with Crippen molar-refractivity contribution < 1.29 is 14.3 Å². The number of amides is 3. The van der Waals surface area contributed by atoms with E-state index in [1.54, 1.807) is 12.0 Å². The zero-order chi connectivity index (χ0) is 22.5. The van der Waals surface area contributed by atoms with E-state index in [0.717, 1.165) is 44.2 Å². The quantitative estimate of drug-likeness (QED) is 0.665. The number of anilines is 1. The summed E-state index contributed by atoms with van der Waals surface area (Å²) < 4.78 is 7.44. The van der Waals surface area contributed by atoms with Gasteiger partial charge in [0.1, 0.15) is 12.3 Å². The van der Waals surface area contributed by atoms with Crippen LogP contribution in [0.1, 0.15) is 50.6 Å². The molecule has 2 fully saturated rings. The Hall–Kier alpha value is -2.96. The second-order valence-corrected chi connectivity index (χ2v) is 8.91. The number of carbonyl (C=O) groups is 2. The molecule has 0 aliphatic heterocycles. The van der Waals surface area contributed by atoms with Gasteiger partial charge in [-0.25, -0.2) is 4.79 Å². The maximum Gasteiger partial charge on any atom is 0.322 e. The summed E-state index contributed by atoms with van der Waals surface area (Å²) in [6.45, 7) is 0.687. The first-order valence-corrected chi connectivity index (χ1v) is 11.7. The van der Waals surface area contributed by atoms with Crippen LogP contribution in [0.2, 0.25) is 0 Å². The standard InChI is InChI=1S/C25H34N4O3/c1-27-16-8-11-21(27)17-28(20-14-15-20)24(30)18-29(19-9-4-3-5-10-19)25(31)26-22-12-6-7-13-23(22)32-2/h6-8,11-13,16,19-20H,3-5,9-10,14-15,17-18H2,1-2H3,(H,26,31). The fourth-order valence-electron chi connectivity index (χ4n) is 4.57. The molecule has 0 bridgehead atoms. The van der Waals surface area contributed by atoms with Crippen molar-refractivity contribution in [1.82, 2.24) is 14.4 Å². The third-order valence-electron chi connectivity index (χ3n) is 6.62. The largest absolute Gasteiger partial charge is 0.495 e. The molecule has 4 rings (SSSR count). The molecule has 3 amide bonds. The number of methoxy groups -OCH3 is 1. The molecule has 2 aliphatic rings. The molecule has 1 N–H and O–H groups in total. The Bertz CT molecular complexity index is 931. The molecule has 2 aliphatic carbocycles. The molecule has 0 atom stereocenters. The van der Waals surface area contributed by atoms with Gasteiger partial charge in [-0.3, -0.25) is 4.79 Å². The first-order valence-electron chi connectivity index (χ1n) is 11.7. The second kappa shape index (κ2) is 10.1. The van der Waals surface area contributed by atoms with E-state index in [2.05, 4.69) is 16.0 Å². The lowest BCUT2D eigenvalue weighted by molar-refractivity contribution is -0.133. The normalized spacial score (nSPS) is 16.4. The third kappa shape index (κ3) is 5.26. The molecule has 1 aromatic carbocycles. The zero-order valence-electron chi connectivity index (χ0n) is 19.1. The molecule has 2 aromatic rings. The second-order valence-electron chi connectivity index (χ2n) is 8.91. The topological polar surface area (TPSA) is 66.8 Å². The van der Waals surface area contributed by atoms with E-state index in [1.165, 1.54) is 6.42 Å². The lowest BCUT2D eigenvalue weighted by Crippen LogP contribution is -2.50. The van der Waals surface area contributed by atoms with E-state index in [1.807, 2.05) is 48.5 Å². The first-order chi connectivity index (χ1) is 15.6. The summed E-state index contributed by atoms with van der Waals surface area (Å²) in [6.07, 6.45) is 9.32. The molecule has 172 valence electrons. The maximum absolute atomic E-state index is 13.5. The third-order valence-corrected chi connectivity index (χ3v) is 6.62. The van der Waals surface area contributed by atoms with E-state index < -0.39 is 0 Å². The summed E-state index contributed by atoms with van der Waals surface area (Å²) in [5, 5.41) is 2.99. The van der Waals surface area contributed by atoms with Crippen molar-refractivity contribution in [3.8, 4) is 5.75 Å². The Balaban J connectivity index is 1.51. The van der Waals surface area contributed by atoms with Crippen LogP contribution in [0.5, 0.6) is 5.75 Å². The number of nitrogens with zero attached hydrogens (tertiary/aromatic N) is 3. The van der Waals surface area contributed by atoms with Crippen LogP contribution in [0.25, 0.3) is 0 Å². The van der Waals surface area contributed by atoms with E-state index in [4.69, 9.17) is 4.74 Å². The van der Waals surface area contributed by atoms with E-state index in [0.29, 0.717) is 18.0 Å². The highest BCUT2D eigenvalue weighted by Gasteiger charge is 2.36. The van der Waals surface area contributed by atoms with Crippen molar-refractivity contribution in [3.05, 3.63) is 48.3 Å². The average Bonchev–Trinajstić information content (AvgIpc) is 3.58. The predicted octanol–water partition coefficient (Wildman–Crippen LogP) is 4.39. The van der Waals surface area contributed by atoms with Crippen LogP contribution in [0.15, 0.2) is 42.6 Å². The highest BCUT2D eigenvalue weighted by atomic mass is 16.5. The Kier molecular flexibility index (Phi) is 7.02. The minimum absolute atomic E-state index is 0.0226. The summed E-state index contributed by atoms with van der Waals surface area (Å²) in [6, 6.07) is 11.6. The van der Waals surface area contributed by atoms with Crippen LogP contribution in [-0.2, 0) is 18.4 Å². The molecule has 0 unspecified atom stereocenters. The highest BCUT2D eigenvalue weighted by Crippen LogP contribution is 2.30. The lowest BCUT2D eigenvalue weighted by Gasteiger charge is -2.35. The number of hydrogen-bond donors (Lipinski definition) is 1. The van der Waals surface area contributed by atoms with Crippen molar-refractivity contribution >= 4 is 17.6 Å².